The van der Waals surface area contributed by atoms with Crippen molar-refractivity contribution < 1.29 is 18.0 Å². The van der Waals surface area contributed by atoms with Crippen molar-refractivity contribution in [3.05, 3.63) is 59.1 Å². The number of nitrogens with one attached hydrogen (secondary N) is 3. The molecule has 0 saturated heterocycles. The van der Waals surface area contributed by atoms with Gasteiger partial charge in [-0.25, -0.2) is 13.1 Å². The first kappa shape index (κ1) is 22.3. The zero-order chi connectivity index (χ0) is 21.6. The number of amides is 2. The lowest BCUT2D eigenvalue weighted by Gasteiger charge is -2.11. The van der Waals surface area contributed by atoms with Gasteiger partial charge in [0.25, 0.3) is 5.91 Å². The largest absolute Gasteiger partial charge is 0.351 e. The van der Waals surface area contributed by atoms with Crippen LogP contribution in [0, 0.1) is 5.92 Å². The van der Waals surface area contributed by atoms with Crippen LogP contribution in [0.5, 0.6) is 0 Å². The predicted molar refractivity (Wildman–Crippen MR) is 116 cm³/mol. The van der Waals surface area contributed by atoms with Crippen LogP contribution in [0.25, 0.3) is 0 Å². The number of sulfonamides is 1. The third-order valence-corrected chi connectivity index (χ3v) is 6.70. The molecule has 2 aromatic carbocycles. The summed E-state index contributed by atoms with van der Waals surface area (Å²) in [5.74, 6) is -0.225. The Kier molecular flexibility index (Phi) is 7.47. The monoisotopic (exact) mass is 449 g/mol. The van der Waals surface area contributed by atoms with Crippen molar-refractivity contribution >= 4 is 39.1 Å². The number of hydrogen-bond acceptors (Lipinski definition) is 4. The fraction of sp³-hybridized carbons (Fsp3) is 0.333. The zero-order valence-electron chi connectivity index (χ0n) is 16.4. The van der Waals surface area contributed by atoms with E-state index in [2.05, 4.69) is 15.4 Å². The van der Waals surface area contributed by atoms with Crippen LogP contribution in [-0.4, -0.2) is 33.3 Å². The minimum Gasteiger partial charge on any atom is -0.351 e. The van der Waals surface area contributed by atoms with Gasteiger partial charge in [0.1, 0.15) is 0 Å². The maximum Gasteiger partial charge on any atom is 0.251 e. The number of carbonyl (C=O) groups is 2. The summed E-state index contributed by atoms with van der Waals surface area (Å²) in [4.78, 5) is 24.5. The Balaban J connectivity index is 1.44. The smallest absolute Gasteiger partial charge is 0.251 e. The molecule has 30 heavy (non-hydrogen) atoms. The topological polar surface area (TPSA) is 104 Å². The average Bonchev–Trinajstić information content (AvgIpc) is 3.27. The summed E-state index contributed by atoms with van der Waals surface area (Å²) in [5, 5.41) is 5.99. The van der Waals surface area contributed by atoms with E-state index in [1.807, 2.05) is 0 Å². The average molecular weight is 450 g/mol. The molecule has 0 aromatic heterocycles. The molecular weight excluding hydrogens is 426 g/mol. The van der Waals surface area contributed by atoms with Gasteiger partial charge in [0, 0.05) is 35.3 Å². The highest BCUT2D eigenvalue weighted by Gasteiger charge is 2.22. The summed E-state index contributed by atoms with van der Waals surface area (Å²) >= 11 is 5.76. The quantitative estimate of drug-likeness (QED) is 0.538. The highest BCUT2D eigenvalue weighted by atomic mass is 35.5. The number of halogens is 1. The molecule has 9 heteroatoms. The maximum atomic E-state index is 12.2. The van der Waals surface area contributed by atoms with Crippen molar-refractivity contribution in [2.45, 2.75) is 30.6 Å². The van der Waals surface area contributed by atoms with Crippen molar-refractivity contribution in [1.29, 1.82) is 0 Å². The molecule has 0 heterocycles. The number of hydrogen-bond donors (Lipinski definition) is 3. The van der Waals surface area contributed by atoms with Gasteiger partial charge in [0.05, 0.1) is 4.90 Å². The summed E-state index contributed by atoms with van der Waals surface area (Å²) in [5.41, 5.74) is 1.08. The summed E-state index contributed by atoms with van der Waals surface area (Å²) in [6, 6.07) is 12.4. The molecule has 3 rings (SSSR count). The van der Waals surface area contributed by atoms with E-state index >= 15 is 0 Å². The van der Waals surface area contributed by atoms with Crippen molar-refractivity contribution in [3.63, 3.8) is 0 Å². The second kappa shape index (κ2) is 10.1. The van der Waals surface area contributed by atoms with Crippen LogP contribution in [0.1, 0.15) is 36.0 Å². The summed E-state index contributed by atoms with van der Waals surface area (Å²) in [6.07, 6.45) is 4.03. The van der Waals surface area contributed by atoms with E-state index in [0.29, 0.717) is 16.3 Å². The van der Waals surface area contributed by atoms with Crippen LogP contribution in [0.2, 0.25) is 5.02 Å². The summed E-state index contributed by atoms with van der Waals surface area (Å²) < 4.78 is 26.8. The Bertz CT molecular complexity index is 986. The fourth-order valence-electron chi connectivity index (χ4n) is 3.30. The Morgan fingerprint density at radius 3 is 2.20 bits per heavy atom. The fourth-order valence-corrected chi connectivity index (χ4v) is 4.46. The molecule has 7 nitrogen and oxygen atoms in total. The molecule has 0 bridgehead atoms. The standard InChI is InChI=1S/C21H24ClN3O4S/c22-17-7-11-19(12-8-17)30(28,29)24-14-13-23-20(26)16-5-9-18(10-6-16)25-21(27)15-3-1-2-4-15/h5-12,15,24H,1-4,13-14H2,(H,23,26)(H,25,27). The number of anilines is 1. The molecule has 1 aliphatic rings. The van der Waals surface area contributed by atoms with Gasteiger partial charge in [-0.05, 0) is 61.4 Å². The van der Waals surface area contributed by atoms with Crippen molar-refractivity contribution in [1.82, 2.24) is 10.0 Å². The second-order valence-corrected chi connectivity index (χ2v) is 9.36. The lowest BCUT2D eigenvalue weighted by molar-refractivity contribution is -0.119. The first-order valence-corrected chi connectivity index (χ1v) is 11.7. The highest BCUT2D eigenvalue weighted by Crippen LogP contribution is 2.26. The molecule has 3 N–H and O–H groups in total. The third-order valence-electron chi connectivity index (χ3n) is 4.97. The molecule has 160 valence electrons. The van der Waals surface area contributed by atoms with Gasteiger partial charge < -0.3 is 10.6 Å². The molecule has 1 aliphatic carbocycles. The van der Waals surface area contributed by atoms with Gasteiger partial charge in [0.15, 0.2) is 0 Å². The number of benzene rings is 2. The van der Waals surface area contributed by atoms with E-state index < -0.39 is 10.0 Å². The Hall–Kier alpha value is -2.42. The Morgan fingerprint density at radius 2 is 1.57 bits per heavy atom. The molecule has 0 unspecified atom stereocenters. The highest BCUT2D eigenvalue weighted by molar-refractivity contribution is 7.89. The molecule has 1 saturated carbocycles. The Labute approximate surface area is 181 Å². The lowest BCUT2D eigenvalue weighted by atomic mass is 10.1. The second-order valence-electron chi connectivity index (χ2n) is 7.16. The van der Waals surface area contributed by atoms with Crippen LogP contribution in [0.15, 0.2) is 53.4 Å². The van der Waals surface area contributed by atoms with Crippen LogP contribution in [-0.2, 0) is 14.8 Å². The molecule has 1 fully saturated rings. The van der Waals surface area contributed by atoms with Gasteiger partial charge in [-0.2, -0.15) is 0 Å². The molecule has 0 radical (unpaired) electrons. The van der Waals surface area contributed by atoms with E-state index in [4.69, 9.17) is 11.6 Å². The van der Waals surface area contributed by atoms with Crippen molar-refractivity contribution in [3.8, 4) is 0 Å². The van der Waals surface area contributed by atoms with Crippen LogP contribution in [0.4, 0.5) is 5.69 Å². The summed E-state index contributed by atoms with van der Waals surface area (Å²) in [6.45, 7) is 0.179. The van der Waals surface area contributed by atoms with Crippen molar-refractivity contribution in [2.24, 2.45) is 5.92 Å². The van der Waals surface area contributed by atoms with Gasteiger partial charge >= 0.3 is 0 Å². The SMILES string of the molecule is O=C(NCCNS(=O)(=O)c1ccc(Cl)cc1)c1ccc(NC(=O)C2CCCC2)cc1. The number of rotatable bonds is 8. The zero-order valence-corrected chi connectivity index (χ0v) is 17.9. The summed E-state index contributed by atoms with van der Waals surface area (Å²) in [7, 11) is -3.66. The first-order chi connectivity index (χ1) is 14.3. The first-order valence-electron chi connectivity index (χ1n) is 9.79. The molecule has 0 aliphatic heterocycles. The van der Waals surface area contributed by atoms with Crippen LogP contribution >= 0.6 is 11.6 Å². The van der Waals surface area contributed by atoms with Crippen LogP contribution in [0.3, 0.4) is 0 Å². The van der Waals surface area contributed by atoms with E-state index in [1.54, 1.807) is 24.3 Å². The van der Waals surface area contributed by atoms with Gasteiger partial charge in [-0.15, -0.1) is 0 Å². The Morgan fingerprint density at radius 1 is 0.933 bits per heavy atom. The van der Waals surface area contributed by atoms with E-state index in [9.17, 15) is 18.0 Å². The van der Waals surface area contributed by atoms with Crippen molar-refractivity contribution in [2.75, 3.05) is 18.4 Å². The normalized spacial score (nSPS) is 14.4. The molecule has 0 spiro atoms. The van der Waals surface area contributed by atoms with E-state index in [0.717, 1.165) is 25.7 Å². The van der Waals surface area contributed by atoms with Crippen LogP contribution < -0.4 is 15.4 Å². The lowest BCUT2D eigenvalue weighted by Crippen LogP contribution is -2.34. The van der Waals surface area contributed by atoms with Gasteiger partial charge in [0.2, 0.25) is 15.9 Å². The molecule has 0 atom stereocenters. The molecular formula is C21H24ClN3O4S. The van der Waals surface area contributed by atoms with Gasteiger partial charge in [-0.3, -0.25) is 9.59 Å². The van der Waals surface area contributed by atoms with E-state index in [-0.39, 0.29) is 35.7 Å². The van der Waals surface area contributed by atoms with E-state index in [1.165, 1.54) is 24.3 Å². The van der Waals surface area contributed by atoms with Gasteiger partial charge in [-0.1, -0.05) is 24.4 Å². The maximum absolute atomic E-state index is 12.2. The predicted octanol–water partition coefficient (Wildman–Crippen LogP) is 3.18. The third kappa shape index (κ3) is 6.04. The minimum atomic E-state index is -3.66. The molecule has 2 aromatic rings. The minimum absolute atomic E-state index is 0.0256. The number of carbonyl (C=O) groups excluding carboxylic acids is 2. The molecule has 2 amide bonds.